The third-order valence-corrected chi connectivity index (χ3v) is 4.32. The normalized spacial score (nSPS) is 13.4. The Bertz CT molecular complexity index is 709. The third kappa shape index (κ3) is 3.17. The fraction of sp³-hybridized carbons (Fsp3) is 0.222. The molecule has 22 heavy (non-hydrogen) atoms. The number of anilines is 1. The molecule has 112 valence electrons. The van der Waals surface area contributed by atoms with Gasteiger partial charge in [-0.05, 0) is 61.0 Å². The van der Waals surface area contributed by atoms with Gasteiger partial charge in [0.2, 0.25) is 0 Å². The molecule has 0 unspecified atom stereocenters. The molecular formula is C18H18N2OS. The van der Waals surface area contributed by atoms with Crippen molar-refractivity contribution in [1.29, 1.82) is 0 Å². The highest BCUT2D eigenvalue weighted by Crippen LogP contribution is 2.19. The number of fused-ring (bicyclic) bond motifs is 1. The zero-order chi connectivity index (χ0) is 15.5. The van der Waals surface area contributed by atoms with Crippen LogP contribution in [-0.2, 0) is 13.0 Å². The molecule has 0 amide bonds. The number of nitrogens with zero attached hydrogens (tertiary/aromatic N) is 1. The standard InChI is InChI=1S/C18H18N2OS/c1-13(21)14-6-8-17(9-7-14)19-18(22)20-11-10-15-4-2-3-5-16(15)12-20/h2-9H,10-12H2,1H3,(H,19,22). The zero-order valence-corrected chi connectivity index (χ0v) is 13.3. The monoisotopic (exact) mass is 310 g/mol. The van der Waals surface area contributed by atoms with Crippen LogP contribution in [-0.4, -0.2) is 22.3 Å². The van der Waals surface area contributed by atoms with Crippen LogP contribution in [0.15, 0.2) is 48.5 Å². The van der Waals surface area contributed by atoms with Crippen molar-refractivity contribution in [2.24, 2.45) is 0 Å². The quantitative estimate of drug-likeness (QED) is 0.678. The van der Waals surface area contributed by atoms with Crippen molar-refractivity contribution in [1.82, 2.24) is 4.90 Å². The van der Waals surface area contributed by atoms with Crippen LogP contribution in [0.25, 0.3) is 0 Å². The number of nitrogens with one attached hydrogen (secondary N) is 1. The average Bonchev–Trinajstić information content (AvgIpc) is 2.55. The van der Waals surface area contributed by atoms with Crippen LogP contribution < -0.4 is 5.32 Å². The fourth-order valence-corrected chi connectivity index (χ4v) is 2.93. The molecule has 0 aromatic heterocycles. The van der Waals surface area contributed by atoms with Crippen LogP contribution in [0, 0.1) is 0 Å². The molecule has 2 aromatic carbocycles. The molecule has 0 bridgehead atoms. The number of hydrogen-bond acceptors (Lipinski definition) is 2. The van der Waals surface area contributed by atoms with Gasteiger partial charge in [0.1, 0.15) is 0 Å². The first-order chi connectivity index (χ1) is 10.6. The summed E-state index contributed by atoms with van der Waals surface area (Å²) in [4.78, 5) is 13.5. The van der Waals surface area contributed by atoms with Crippen molar-refractivity contribution in [2.75, 3.05) is 11.9 Å². The van der Waals surface area contributed by atoms with Crippen LogP contribution in [0.3, 0.4) is 0 Å². The molecule has 0 fully saturated rings. The molecule has 3 nitrogen and oxygen atoms in total. The molecule has 1 N–H and O–H groups in total. The molecule has 1 aliphatic rings. The molecule has 4 heteroatoms. The van der Waals surface area contributed by atoms with E-state index in [9.17, 15) is 4.79 Å². The second-order valence-corrected chi connectivity index (χ2v) is 5.89. The van der Waals surface area contributed by atoms with Crippen LogP contribution in [0.1, 0.15) is 28.4 Å². The van der Waals surface area contributed by atoms with E-state index in [0.29, 0.717) is 5.56 Å². The lowest BCUT2D eigenvalue weighted by Crippen LogP contribution is -2.38. The van der Waals surface area contributed by atoms with Gasteiger partial charge < -0.3 is 10.2 Å². The lowest BCUT2D eigenvalue weighted by molar-refractivity contribution is 0.101. The molecule has 0 aliphatic carbocycles. The summed E-state index contributed by atoms with van der Waals surface area (Å²) in [6.45, 7) is 3.33. The topological polar surface area (TPSA) is 32.3 Å². The minimum Gasteiger partial charge on any atom is -0.344 e. The van der Waals surface area contributed by atoms with Gasteiger partial charge in [0.25, 0.3) is 0 Å². The molecular weight excluding hydrogens is 292 g/mol. The summed E-state index contributed by atoms with van der Waals surface area (Å²) in [5, 5.41) is 3.98. The summed E-state index contributed by atoms with van der Waals surface area (Å²) in [7, 11) is 0. The van der Waals surface area contributed by atoms with E-state index in [4.69, 9.17) is 12.2 Å². The van der Waals surface area contributed by atoms with Crippen LogP contribution in [0.2, 0.25) is 0 Å². The van der Waals surface area contributed by atoms with Crippen molar-refractivity contribution < 1.29 is 4.79 Å². The van der Waals surface area contributed by atoms with Gasteiger partial charge >= 0.3 is 0 Å². The summed E-state index contributed by atoms with van der Waals surface area (Å²) >= 11 is 5.52. The van der Waals surface area contributed by atoms with Crippen LogP contribution in [0.5, 0.6) is 0 Å². The van der Waals surface area contributed by atoms with E-state index in [1.165, 1.54) is 11.1 Å². The molecule has 0 saturated carbocycles. The average molecular weight is 310 g/mol. The van der Waals surface area contributed by atoms with Crippen molar-refractivity contribution in [3.05, 3.63) is 65.2 Å². The van der Waals surface area contributed by atoms with Gasteiger partial charge in [0.15, 0.2) is 10.9 Å². The van der Waals surface area contributed by atoms with Crippen molar-refractivity contribution >= 4 is 28.8 Å². The lowest BCUT2D eigenvalue weighted by atomic mass is 10.0. The van der Waals surface area contributed by atoms with Gasteiger partial charge in [0, 0.05) is 24.3 Å². The Morgan fingerprint density at radius 3 is 2.45 bits per heavy atom. The summed E-state index contributed by atoms with van der Waals surface area (Å²) in [5.41, 5.74) is 4.37. The summed E-state index contributed by atoms with van der Waals surface area (Å²) < 4.78 is 0. The summed E-state index contributed by atoms with van der Waals surface area (Å²) in [6.07, 6.45) is 1.02. The number of ketones is 1. The van der Waals surface area contributed by atoms with Crippen molar-refractivity contribution in [2.45, 2.75) is 19.9 Å². The predicted molar refractivity (Wildman–Crippen MR) is 93.2 cm³/mol. The molecule has 0 radical (unpaired) electrons. The molecule has 3 rings (SSSR count). The maximum atomic E-state index is 11.3. The first kappa shape index (κ1) is 14.7. The molecule has 0 spiro atoms. The maximum absolute atomic E-state index is 11.3. The van der Waals surface area contributed by atoms with E-state index in [1.807, 2.05) is 24.3 Å². The highest BCUT2D eigenvalue weighted by molar-refractivity contribution is 7.80. The third-order valence-electron chi connectivity index (χ3n) is 3.96. The van der Waals surface area contributed by atoms with Gasteiger partial charge in [0.05, 0.1) is 0 Å². The van der Waals surface area contributed by atoms with Gasteiger partial charge in [-0.1, -0.05) is 24.3 Å². The summed E-state index contributed by atoms with van der Waals surface area (Å²) in [6, 6.07) is 15.9. The molecule has 0 saturated heterocycles. The second kappa shape index (κ2) is 6.28. The Labute approximate surface area is 136 Å². The number of hydrogen-bond donors (Lipinski definition) is 1. The van der Waals surface area contributed by atoms with Crippen molar-refractivity contribution in [3.8, 4) is 0 Å². The van der Waals surface area contributed by atoms with Gasteiger partial charge in [-0.3, -0.25) is 4.79 Å². The van der Waals surface area contributed by atoms with Crippen LogP contribution in [0.4, 0.5) is 5.69 Å². The SMILES string of the molecule is CC(=O)c1ccc(NC(=S)N2CCc3ccccc3C2)cc1. The van der Waals surface area contributed by atoms with Crippen molar-refractivity contribution in [3.63, 3.8) is 0 Å². The Morgan fingerprint density at radius 1 is 1.09 bits per heavy atom. The largest absolute Gasteiger partial charge is 0.344 e. The van der Waals surface area contributed by atoms with E-state index < -0.39 is 0 Å². The fourth-order valence-electron chi connectivity index (χ4n) is 2.66. The highest BCUT2D eigenvalue weighted by Gasteiger charge is 2.17. The van der Waals surface area contributed by atoms with E-state index in [1.54, 1.807) is 6.92 Å². The number of carbonyl (C=O) groups is 1. The van der Waals surface area contributed by atoms with E-state index in [0.717, 1.165) is 30.3 Å². The number of benzene rings is 2. The molecule has 0 atom stereocenters. The Kier molecular flexibility index (Phi) is 4.20. The second-order valence-electron chi connectivity index (χ2n) is 5.50. The first-order valence-corrected chi connectivity index (χ1v) is 7.78. The van der Waals surface area contributed by atoms with E-state index in [2.05, 4.69) is 34.5 Å². The van der Waals surface area contributed by atoms with Gasteiger partial charge in [-0.2, -0.15) is 0 Å². The highest BCUT2D eigenvalue weighted by atomic mass is 32.1. The molecule has 2 aromatic rings. The Balaban J connectivity index is 1.66. The number of thiocarbonyl (C=S) groups is 1. The number of carbonyl (C=O) groups excluding carboxylic acids is 1. The zero-order valence-electron chi connectivity index (χ0n) is 12.5. The lowest BCUT2D eigenvalue weighted by Gasteiger charge is -2.31. The molecule has 1 heterocycles. The summed E-state index contributed by atoms with van der Waals surface area (Å²) in [5.74, 6) is 0.0711. The smallest absolute Gasteiger partial charge is 0.173 e. The number of rotatable bonds is 2. The van der Waals surface area contributed by atoms with Gasteiger partial charge in [-0.25, -0.2) is 0 Å². The Hall–Kier alpha value is -2.20. The maximum Gasteiger partial charge on any atom is 0.173 e. The molecule has 1 aliphatic heterocycles. The van der Waals surface area contributed by atoms with Crippen LogP contribution >= 0.6 is 12.2 Å². The minimum absolute atomic E-state index is 0.0711. The van der Waals surface area contributed by atoms with Gasteiger partial charge in [-0.15, -0.1) is 0 Å². The van der Waals surface area contributed by atoms with E-state index >= 15 is 0 Å². The number of Topliss-reactive ketones (excluding diaryl/α,β-unsaturated/α-hetero) is 1. The predicted octanol–water partition coefficient (Wildman–Crippen LogP) is 3.64. The minimum atomic E-state index is 0.0711. The van der Waals surface area contributed by atoms with E-state index in [-0.39, 0.29) is 5.78 Å². The Morgan fingerprint density at radius 2 is 1.77 bits per heavy atom. The first-order valence-electron chi connectivity index (χ1n) is 7.37.